The summed E-state index contributed by atoms with van der Waals surface area (Å²) in [6.45, 7) is 9.36. The van der Waals surface area contributed by atoms with Crippen LogP contribution in [0.3, 0.4) is 0 Å². The SMILES string of the molecule is Cc1nc(C(F)F)ncc1B1OC(C)(C)C(C)(C)O1. The average Bonchev–Trinajstić information content (AvgIpc) is 2.47. The van der Waals surface area contributed by atoms with E-state index >= 15 is 0 Å². The molecule has 1 fully saturated rings. The fraction of sp³-hybridized carbons (Fsp3) is 0.667. The van der Waals surface area contributed by atoms with Crippen molar-refractivity contribution in [3.05, 3.63) is 17.7 Å². The highest BCUT2D eigenvalue weighted by atomic mass is 19.3. The molecule has 1 aliphatic rings. The molecule has 0 aliphatic carbocycles. The molecule has 19 heavy (non-hydrogen) atoms. The van der Waals surface area contributed by atoms with Crippen LogP contribution in [-0.2, 0) is 9.31 Å². The third-order valence-electron chi connectivity index (χ3n) is 3.74. The van der Waals surface area contributed by atoms with Crippen molar-refractivity contribution in [2.75, 3.05) is 0 Å². The first-order valence-electron chi connectivity index (χ1n) is 6.11. The molecule has 1 saturated heterocycles. The third-order valence-corrected chi connectivity index (χ3v) is 3.74. The molecule has 2 rings (SSSR count). The third kappa shape index (κ3) is 2.49. The summed E-state index contributed by atoms with van der Waals surface area (Å²) < 4.78 is 36.7. The molecule has 0 N–H and O–H groups in total. The molecular formula is C12H17BF2N2O2. The molecule has 1 aliphatic heterocycles. The van der Waals surface area contributed by atoms with Gasteiger partial charge in [0.05, 0.1) is 11.2 Å². The van der Waals surface area contributed by atoms with Gasteiger partial charge in [0.1, 0.15) is 0 Å². The second kappa shape index (κ2) is 4.49. The fourth-order valence-electron chi connectivity index (χ4n) is 1.80. The van der Waals surface area contributed by atoms with Gasteiger partial charge in [-0.05, 0) is 34.6 Å². The summed E-state index contributed by atoms with van der Waals surface area (Å²) in [6, 6.07) is 0. The van der Waals surface area contributed by atoms with E-state index in [0.717, 1.165) is 0 Å². The Bertz CT molecular complexity index is 479. The van der Waals surface area contributed by atoms with Gasteiger partial charge < -0.3 is 9.31 Å². The standard InChI is InChI=1S/C12H17BF2N2O2/c1-7-8(6-16-10(17-7)9(14)15)13-18-11(2,3)12(4,5)19-13/h6,9H,1-5H3. The molecule has 1 aromatic rings. The largest absolute Gasteiger partial charge is 0.498 e. The summed E-state index contributed by atoms with van der Waals surface area (Å²) in [7, 11) is -0.628. The Morgan fingerprint density at radius 2 is 1.68 bits per heavy atom. The summed E-state index contributed by atoms with van der Waals surface area (Å²) >= 11 is 0. The lowest BCUT2D eigenvalue weighted by atomic mass is 9.79. The quantitative estimate of drug-likeness (QED) is 0.771. The molecule has 0 amide bonds. The molecule has 2 heterocycles. The van der Waals surface area contributed by atoms with Crippen molar-refractivity contribution in [3.63, 3.8) is 0 Å². The number of rotatable bonds is 2. The van der Waals surface area contributed by atoms with Crippen LogP contribution in [0, 0.1) is 6.92 Å². The molecule has 0 bridgehead atoms. The molecule has 0 radical (unpaired) electrons. The summed E-state index contributed by atoms with van der Waals surface area (Å²) in [4.78, 5) is 7.45. The number of alkyl halides is 2. The zero-order valence-corrected chi connectivity index (χ0v) is 11.7. The van der Waals surface area contributed by atoms with Gasteiger partial charge in [-0.25, -0.2) is 18.7 Å². The Kier molecular flexibility index (Phi) is 3.39. The Morgan fingerprint density at radius 1 is 1.16 bits per heavy atom. The Hall–Kier alpha value is -1.08. The molecule has 1 aromatic heterocycles. The maximum Gasteiger partial charge on any atom is 0.498 e. The van der Waals surface area contributed by atoms with Gasteiger partial charge in [-0.2, -0.15) is 0 Å². The smallest absolute Gasteiger partial charge is 0.399 e. The number of nitrogens with zero attached hydrogens (tertiary/aromatic N) is 2. The van der Waals surface area contributed by atoms with Crippen molar-refractivity contribution in [2.24, 2.45) is 0 Å². The van der Waals surface area contributed by atoms with E-state index in [2.05, 4.69) is 9.97 Å². The number of aryl methyl sites for hydroxylation is 1. The van der Waals surface area contributed by atoms with Gasteiger partial charge in [-0.3, -0.25) is 0 Å². The first kappa shape index (κ1) is 14.3. The molecule has 0 spiro atoms. The van der Waals surface area contributed by atoms with E-state index in [1.807, 2.05) is 27.7 Å². The fourth-order valence-corrected chi connectivity index (χ4v) is 1.80. The molecule has 0 aromatic carbocycles. The van der Waals surface area contributed by atoms with Crippen molar-refractivity contribution >= 4 is 12.6 Å². The van der Waals surface area contributed by atoms with Crippen LogP contribution in [0.15, 0.2) is 6.20 Å². The normalized spacial score (nSPS) is 21.2. The second-order valence-corrected chi connectivity index (χ2v) is 5.66. The minimum absolute atomic E-state index is 0.448. The van der Waals surface area contributed by atoms with Crippen molar-refractivity contribution in [1.82, 2.24) is 9.97 Å². The number of halogens is 2. The van der Waals surface area contributed by atoms with Crippen LogP contribution in [-0.4, -0.2) is 28.3 Å². The van der Waals surface area contributed by atoms with Crippen molar-refractivity contribution in [3.8, 4) is 0 Å². The molecule has 0 saturated carbocycles. The molecule has 0 unspecified atom stereocenters. The second-order valence-electron chi connectivity index (χ2n) is 5.66. The Morgan fingerprint density at radius 3 is 2.11 bits per heavy atom. The summed E-state index contributed by atoms with van der Waals surface area (Å²) in [5.41, 5.74) is 0.0728. The minimum atomic E-state index is -2.67. The number of hydrogen-bond acceptors (Lipinski definition) is 4. The van der Waals surface area contributed by atoms with Crippen LogP contribution in [0.2, 0.25) is 0 Å². The van der Waals surface area contributed by atoms with Gasteiger partial charge in [-0.1, -0.05) is 0 Å². The van der Waals surface area contributed by atoms with Crippen LogP contribution >= 0.6 is 0 Å². The number of aromatic nitrogens is 2. The highest BCUT2D eigenvalue weighted by Gasteiger charge is 2.52. The van der Waals surface area contributed by atoms with Crippen LogP contribution in [0.1, 0.15) is 45.6 Å². The van der Waals surface area contributed by atoms with Gasteiger partial charge in [0.25, 0.3) is 6.43 Å². The van der Waals surface area contributed by atoms with Crippen LogP contribution in [0.5, 0.6) is 0 Å². The van der Waals surface area contributed by atoms with E-state index in [0.29, 0.717) is 11.2 Å². The Labute approximate surface area is 111 Å². The first-order chi connectivity index (χ1) is 8.64. The molecular weight excluding hydrogens is 253 g/mol. The average molecular weight is 270 g/mol. The van der Waals surface area contributed by atoms with Gasteiger partial charge >= 0.3 is 7.12 Å². The lowest BCUT2D eigenvalue weighted by Crippen LogP contribution is -2.41. The minimum Gasteiger partial charge on any atom is -0.399 e. The topological polar surface area (TPSA) is 44.2 Å². The molecule has 104 valence electrons. The van der Waals surface area contributed by atoms with Crippen LogP contribution < -0.4 is 5.46 Å². The van der Waals surface area contributed by atoms with E-state index in [9.17, 15) is 8.78 Å². The van der Waals surface area contributed by atoms with E-state index in [-0.39, 0.29) is 0 Å². The van der Waals surface area contributed by atoms with Gasteiger partial charge in [0, 0.05) is 17.4 Å². The Balaban J connectivity index is 2.30. The zero-order chi connectivity index (χ0) is 14.4. The molecule has 4 nitrogen and oxygen atoms in total. The van der Waals surface area contributed by atoms with Gasteiger partial charge in [0.15, 0.2) is 5.82 Å². The summed E-state index contributed by atoms with van der Waals surface area (Å²) in [5, 5.41) is 0. The molecule has 0 atom stereocenters. The van der Waals surface area contributed by atoms with Crippen molar-refractivity contribution in [2.45, 2.75) is 52.2 Å². The maximum atomic E-state index is 12.5. The molecule has 7 heteroatoms. The first-order valence-corrected chi connectivity index (χ1v) is 6.11. The predicted molar refractivity (Wildman–Crippen MR) is 67.4 cm³/mol. The van der Waals surface area contributed by atoms with E-state index in [4.69, 9.17) is 9.31 Å². The van der Waals surface area contributed by atoms with Crippen LogP contribution in [0.25, 0.3) is 0 Å². The van der Waals surface area contributed by atoms with Crippen LogP contribution in [0.4, 0.5) is 8.78 Å². The number of hydrogen-bond donors (Lipinski definition) is 0. The van der Waals surface area contributed by atoms with E-state index in [1.165, 1.54) is 6.20 Å². The van der Waals surface area contributed by atoms with E-state index < -0.39 is 30.6 Å². The zero-order valence-electron chi connectivity index (χ0n) is 11.7. The predicted octanol–water partition coefficient (Wildman–Crippen LogP) is 2.02. The highest BCUT2D eigenvalue weighted by Crippen LogP contribution is 2.36. The maximum absolute atomic E-state index is 12.5. The lowest BCUT2D eigenvalue weighted by Gasteiger charge is -2.32. The van der Waals surface area contributed by atoms with Crippen molar-refractivity contribution in [1.29, 1.82) is 0 Å². The monoisotopic (exact) mass is 270 g/mol. The summed E-state index contributed by atoms with van der Waals surface area (Å²) in [5.74, 6) is -0.474. The van der Waals surface area contributed by atoms with E-state index in [1.54, 1.807) is 6.92 Å². The van der Waals surface area contributed by atoms with Crippen molar-refractivity contribution < 1.29 is 18.1 Å². The van der Waals surface area contributed by atoms with Gasteiger partial charge in [-0.15, -0.1) is 0 Å². The highest BCUT2D eigenvalue weighted by molar-refractivity contribution is 6.62. The lowest BCUT2D eigenvalue weighted by molar-refractivity contribution is 0.00578. The van der Waals surface area contributed by atoms with Gasteiger partial charge in [0.2, 0.25) is 0 Å². The summed E-state index contributed by atoms with van der Waals surface area (Å²) in [6.07, 6.45) is -1.32.